The van der Waals surface area contributed by atoms with Crippen LogP contribution in [0, 0.1) is 0 Å². The highest BCUT2D eigenvalue weighted by atomic mass is 33.1. The maximum absolute atomic E-state index is 14.0. The SMILES string of the molecule is CCCCCCC(C)(CCCCCC)OP(=O)(OC)OC(C)(C)CCOC(C)(C)P(=O)(OC)OC(C)(C)CC(C)(C)SSNO. The fourth-order valence-corrected chi connectivity index (χ4v) is 10.3. The smallest absolute Gasteiger partial charge is 0.363 e. The number of hydrogen-bond acceptors (Lipinski definition) is 12. The van der Waals surface area contributed by atoms with Gasteiger partial charge in [0, 0.05) is 29.9 Å². The van der Waals surface area contributed by atoms with Gasteiger partial charge in [-0.15, -0.1) is 4.89 Å². The predicted octanol–water partition coefficient (Wildman–Crippen LogP) is 11.5. The summed E-state index contributed by atoms with van der Waals surface area (Å²) in [4.78, 5) is 2.08. The van der Waals surface area contributed by atoms with Gasteiger partial charge in [0.2, 0.25) is 0 Å². The molecule has 2 unspecified atom stereocenters. The van der Waals surface area contributed by atoms with Gasteiger partial charge < -0.3 is 19.0 Å². The lowest BCUT2D eigenvalue weighted by Crippen LogP contribution is -2.37. The highest BCUT2D eigenvalue weighted by Crippen LogP contribution is 2.63. The third-order valence-corrected chi connectivity index (χ3v) is 14.7. The van der Waals surface area contributed by atoms with Crippen LogP contribution in [0.15, 0.2) is 0 Å². The van der Waals surface area contributed by atoms with E-state index in [2.05, 4.69) is 18.7 Å². The summed E-state index contributed by atoms with van der Waals surface area (Å²) in [5.74, 6) is 0. The van der Waals surface area contributed by atoms with Crippen molar-refractivity contribution in [1.29, 1.82) is 0 Å². The van der Waals surface area contributed by atoms with Crippen molar-refractivity contribution in [1.82, 2.24) is 4.89 Å². The second-order valence-corrected chi connectivity index (χ2v) is 21.3. The number of rotatable bonds is 28. The first kappa shape index (κ1) is 45.8. The van der Waals surface area contributed by atoms with Gasteiger partial charge in [-0.05, 0) is 88.0 Å². The Morgan fingerprint density at radius 3 is 1.67 bits per heavy atom. The summed E-state index contributed by atoms with van der Waals surface area (Å²) in [5.41, 5.74) is -2.40. The molecule has 0 aromatic heterocycles. The van der Waals surface area contributed by atoms with Crippen molar-refractivity contribution in [3.63, 3.8) is 0 Å². The quantitative estimate of drug-likeness (QED) is 0.0263. The molecule has 272 valence electrons. The van der Waals surface area contributed by atoms with Gasteiger partial charge in [-0.1, -0.05) is 76.0 Å². The summed E-state index contributed by atoms with van der Waals surface area (Å²) in [7, 11) is -2.42. The molecule has 0 heterocycles. The molecule has 0 fully saturated rings. The summed E-state index contributed by atoms with van der Waals surface area (Å²) in [6.07, 6.45) is 11.2. The molecule has 2 atom stereocenters. The van der Waals surface area contributed by atoms with Gasteiger partial charge in [-0.3, -0.25) is 18.1 Å². The van der Waals surface area contributed by atoms with Crippen LogP contribution in [0.3, 0.4) is 0 Å². The van der Waals surface area contributed by atoms with Crippen LogP contribution >= 0.6 is 37.2 Å². The first-order valence-electron chi connectivity index (χ1n) is 16.4. The maximum Gasteiger partial charge on any atom is 0.475 e. The summed E-state index contributed by atoms with van der Waals surface area (Å²) in [6, 6.07) is 0. The third-order valence-electron chi connectivity index (χ3n) is 7.62. The average Bonchev–Trinajstić information content (AvgIpc) is 2.90. The largest absolute Gasteiger partial charge is 0.475 e. The number of phosphoric ester groups is 1. The Bertz CT molecular complexity index is 907. The van der Waals surface area contributed by atoms with Crippen molar-refractivity contribution in [3.8, 4) is 0 Å². The molecule has 0 aromatic carbocycles. The van der Waals surface area contributed by atoms with Crippen molar-refractivity contribution >= 4 is 37.2 Å². The Morgan fingerprint density at radius 1 is 0.689 bits per heavy atom. The zero-order chi connectivity index (χ0) is 35.1. The lowest BCUT2D eigenvalue weighted by Gasteiger charge is -2.40. The molecule has 14 heteroatoms. The first-order valence-corrected chi connectivity index (χ1v) is 21.6. The molecule has 0 rings (SSSR count). The molecule has 0 aliphatic carbocycles. The number of hydrogen-bond donors (Lipinski definition) is 2. The van der Waals surface area contributed by atoms with Crippen molar-refractivity contribution in [2.75, 3.05) is 20.8 Å². The molecule has 0 bridgehead atoms. The minimum atomic E-state index is -3.91. The fraction of sp³-hybridized carbons (Fsp3) is 1.00. The van der Waals surface area contributed by atoms with E-state index >= 15 is 0 Å². The fourth-order valence-electron chi connectivity index (χ4n) is 5.32. The Kier molecular flexibility index (Phi) is 20.9. The van der Waals surface area contributed by atoms with Gasteiger partial charge in [0.05, 0.1) is 23.4 Å². The number of nitrogens with one attached hydrogen (secondary N) is 1. The van der Waals surface area contributed by atoms with E-state index < -0.39 is 37.6 Å². The van der Waals surface area contributed by atoms with Crippen LogP contribution in [0.4, 0.5) is 0 Å². The summed E-state index contributed by atoms with van der Waals surface area (Å²) < 4.78 is 63.2. The van der Waals surface area contributed by atoms with E-state index in [1.54, 1.807) is 13.8 Å². The first-order chi connectivity index (χ1) is 20.6. The lowest BCUT2D eigenvalue weighted by atomic mass is 9.92. The minimum absolute atomic E-state index is 0.131. The second-order valence-electron chi connectivity index (χ2n) is 14.4. The van der Waals surface area contributed by atoms with E-state index in [0.29, 0.717) is 12.8 Å². The Morgan fingerprint density at radius 2 is 1.22 bits per heavy atom. The molecule has 0 saturated heterocycles. The van der Waals surface area contributed by atoms with Gasteiger partial charge >= 0.3 is 15.4 Å². The molecular formula is C31H67NO9P2S2. The van der Waals surface area contributed by atoms with Crippen molar-refractivity contribution in [2.45, 2.75) is 180 Å². The van der Waals surface area contributed by atoms with Gasteiger partial charge in [0.25, 0.3) is 0 Å². The predicted molar refractivity (Wildman–Crippen MR) is 190 cm³/mol. The van der Waals surface area contributed by atoms with Crippen LogP contribution in [-0.2, 0) is 36.5 Å². The van der Waals surface area contributed by atoms with Crippen LogP contribution in [0.25, 0.3) is 0 Å². The van der Waals surface area contributed by atoms with E-state index in [9.17, 15) is 9.13 Å². The Labute approximate surface area is 283 Å². The second kappa shape index (κ2) is 20.5. The number of ether oxygens (including phenoxy) is 1. The van der Waals surface area contributed by atoms with E-state index in [-0.39, 0.29) is 11.4 Å². The van der Waals surface area contributed by atoms with Gasteiger partial charge in [-0.25, -0.2) is 4.57 Å². The van der Waals surface area contributed by atoms with Crippen molar-refractivity contribution < 1.29 is 41.7 Å². The maximum atomic E-state index is 14.0. The standard InChI is InChI=1S/C31H67NO9P2S2/c1-14-16-18-20-22-31(11,23-21-19-17-15-2)41-43(35,37-13)40-27(3,4)24-25-38-30(9,10)42(34,36-12)39-28(5,6)26-29(7,8)44-45-32-33/h32-33H,14-26H2,1-13H3. The van der Waals surface area contributed by atoms with E-state index in [4.69, 9.17) is 32.6 Å². The Hall–Kier alpha value is 0.840. The molecule has 45 heavy (non-hydrogen) atoms. The summed E-state index contributed by atoms with van der Waals surface area (Å²) >= 11 is 0. The molecule has 0 aliphatic rings. The van der Waals surface area contributed by atoms with Crippen LogP contribution < -0.4 is 4.89 Å². The minimum Gasteiger partial charge on any atom is -0.363 e. The van der Waals surface area contributed by atoms with Crippen LogP contribution in [0.1, 0.15) is 153 Å². The molecular weight excluding hydrogens is 656 g/mol. The van der Waals surface area contributed by atoms with E-state index in [0.717, 1.165) is 75.2 Å². The molecule has 0 radical (unpaired) electrons. The number of phosphoric acid groups is 1. The Balaban J connectivity index is 5.53. The lowest BCUT2D eigenvalue weighted by molar-refractivity contribution is -0.0482. The molecule has 0 amide bonds. The molecule has 2 N–H and O–H groups in total. The average molecular weight is 724 g/mol. The normalized spacial score (nSPS) is 16.5. The summed E-state index contributed by atoms with van der Waals surface area (Å²) in [5, 5.41) is 7.67. The molecule has 0 saturated carbocycles. The summed E-state index contributed by atoms with van der Waals surface area (Å²) in [6.45, 7) is 21.2. The highest BCUT2D eigenvalue weighted by Gasteiger charge is 2.49. The zero-order valence-corrected chi connectivity index (χ0v) is 34.0. The van der Waals surface area contributed by atoms with E-state index in [1.165, 1.54) is 25.0 Å². The molecule has 0 spiro atoms. The monoisotopic (exact) mass is 723 g/mol. The molecule has 0 aliphatic heterocycles. The third kappa shape index (κ3) is 18.4. The van der Waals surface area contributed by atoms with Crippen molar-refractivity contribution in [3.05, 3.63) is 0 Å². The number of unbranched alkanes of at least 4 members (excludes halogenated alkanes) is 6. The van der Waals surface area contributed by atoms with Crippen LogP contribution in [0.5, 0.6) is 0 Å². The van der Waals surface area contributed by atoms with Crippen LogP contribution in [-0.4, -0.2) is 52.9 Å². The van der Waals surface area contributed by atoms with Gasteiger partial charge in [-0.2, -0.15) is 0 Å². The molecule has 0 aromatic rings. The van der Waals surface area contributed by atoms with Crippen molar-refractivity contribution in [2.24, 2.45) is 0 Å². The zero-order valence-electron chi connectivity index (χ0n) is 30.6. The topological polar surface area (TPSA) is 122 Å². The molecule has 10 nitrogen and oxygen atoms in total. The van der Waals surface area contributed by atoms with Crippen LogP contribution in [0.2, 0.25) is 0 Å². The van der Waals surface area contributed by atoms with Gasteiger partial charge in [0.15, 0.2) is 5.34 Å². The van der Waals surface area contributed by atoms with E-state index in [1.807, 2.05) is 48.5 Å². The van der Waals surface area contributed by atoms with Gasteiger partial charge in [0.1, 0.15) is 0 Å². The highest BCUT2D eigenvalue weighted by molar-refractivity contribution is 8.76.